The smallest absolute Gasteiger partial charge is 0.336 e. The van der Waals surface area contributed by atoms with Gasteiger partial charge in [-0.3, -0.25) is 0 Å². The predicted molar refractivity (Wildman–Crippen MR) is 65.3 cm³/mol. The van der Waals surface area contributed by atoms with E-state index in [4.69, 9.17) is 9.47 Å². The molecule has 1 spiro atoms. The molecule has 2 aliphatic rings. The summed E-state index contributed by atoms with van der Waals surface area (Å²) < 4.78 is 10.9. The Kier molecular flexibility index (Phi) is 2.58. The second-order valence-electron chi connectivity index (χ2n) is 6.16. The zero-order valence-electron chi connectivity index (χ0n) is 11.4. The average Bonchev–Trinajstić information content (AvgIpc) is 2.97. The van der Waals surface area contributed by atoms with Gasteiger partial charge >= 0.3 is 5.97 Å². The number of carbonyl (C=O) groups excluding carboxylic acids is 2. The van der Waals surface area contributed by atoms with E-state index < -0.39 is 17.1 Å². The Labute approximate surface area is 107 Å². The first-order valence-electron chi connectivity index (χ1n) is 6.04. The summed E-state index contributed by atoms with van der Waals surface area (Å²) in [6.45, 7) is 7.66. The van der Waals surface area contributed by atoms with Crippen molar-refractivity contribution in [2.45, 2.75) is 45.3 Å². The molecule has 0 radical (unpaired) electrons. The van der Waals surface area contributed by atoms with Gasteiger partial charge in [-0.15, -0.1) is 0 Å². The molecule has 0 aromatic carbocycles. The number of nitrogens with zero attached hydrogens (tertiary/aromatic N) is 1. The number of aliphatic imine (C=N–C) groups is 1. The van der Waals surface area contributed by atoms with E-state index in [9.17, 15) is 9.59 Å². The average molecular weight is 253 g/mol. The lowest BCUT2D eigenvalue weighted by Crippen LogP contribution is -2.57. The molecule has 100 valence electrons. The number of ether oxygens (including phenoxy) is 2. The molecule has 0 unspecified atom stereocenters. The van der Waals surface area contributed by atoms with E-state index in [0.717, 1.165) is 6.29 Å². The van der Waals surface area contributed by atoms with Crippen LogP contribution in [0.2, 0.25) is 0 Å². The largest absolute Gasteiger partial charge is 0.481 e. The van der Waals surface area contributed by atoms with Gasteiger partial charge in [-0.2, -0.15) is 0 Å². The zero-order valence-corrected chi connectivity index (χ0v) is 11.4. The van der Waals surface area contributed by atoms with Crippen LogP contribution >= 0.6 is 0 Å². The highest BCUT2D eigenvalue weighted by atomic mass is 16.6. The topological polar surface area (TPSA) is 65.0 Å². The third-order valence-electron chi connectivity index (χ3n) is 4.13. The molecule has 2 rings (SSSR count). The molecule has 1 aliphatic carbocycles. The molecule has 1 aliphatic heterocycles. The first-order valence-corrected chi connectivity index (χ1v) is 6.04. The van der Waals surface area contributed by atoms with Gasteiger partial charge in [-0.05, 0) is 13.3 Å². The van der Waals surface area contributed by atoms with Crippen molar-refractivity contribution in [1.29, 1.82) is 0 Å². The molecule has 0 aromatic rings. The third-order valence-corrected chi connectivity index (χ3v) is 4.13. The number of aldehydes is 1. The van der Waals surface area contributed by atoms with E-state index in [1.165, 1.54) is 7.11 Å². The molecular weight excluding hydrogens is 234 g/mol. The van der Waals surface area contributed by atoms with Crippen LogP contribution in [0.15, 0.2) is 4.99 Å². The molecular formula is C13H19NO4. The van der Waals surface area contributed by atoms with Crippen LogP contribution in [0.5, 0.6) is 0 Å². The van der Waals surface area contributed by atoms with Gasteiger partial charge in [0.1, 0.15) is 6.29 Å². The zero-order chi connectivity index (χ0) is 13.8. The van der Waals surface area contributed by atoms with Crippen LogP contribution < -0.4 is 0 Å². The van der Waals surface area contributed by atoms with Gasteiger partial charge in [0.05, 0.1) is 13.0 Å². The highest BCUT2D eigenvalue weighted by Crippen LogP contribution is 2.52. The van der Waals surface area contributed by atoms with Crippen LogP contribution in [0.25, 0.3) is 0 Å². The number of rotatable bonds is 1. The van der Waals surface area contributed by atoms with E-state index in [0.29, 0.717) is 12.3 Å². The summed E-state index contributed by atoms with van der Waals surface area (Å²) in [7, 11) is 1.51. The number of hydrogen-bond acceptors (Lipinski definition) is 5. The van der Waals surface area contributed by atoms with Crippen molar-refractivity contribution < 1.29 is 19.1 Å². The van der Waals surface area contributed by atoms with Crippen molar-refractivity contribution in [3.05, 3.63) is 0 Å². The van der Waals surface area contributed by atoms with E-state index in [1.54, 1.807) is 6.92 Å². The Morgan fingerprint density at radius 3 is 2.50 bits per heavy atom. The Bertz CT molecular complexity index is 437. The van der Waals surface area contributed by atoms with Crippen molar-refractivity contribution in [3.8, 4) is 0 Å². The van der Waals surface area contributed by atoms with Gasteiger partial charge in [-0.25, -0.2) is 9.79 Å². The first kappa shape index (κ1) is 13.1. The highest BCUT2D eigenvalue weighted by molar-refractivity contribution is 6.01. The molecule has 1 heterocycles. The number of carbonyl (C=O) groups is 2. The van der Waals surface area contributed by atoms with E-state index >= 15 is 0 Å². The summed E-state index contributed by atoms with van der Waals surface area (Å²) in [5.41, 5.74) is -2.26. The Hall–Kier alpha value is -1.39. The maximum atomic E-state index is 12.1. The van der Waals surface area contributed by atoms with E-state index in [1.807, 2.05) is 20.8 Å². The molecule has 18 heavy (non-hydrogen) atoms. The van der Waals surface area contributed by atoms with Crippen molar-refractivity contribution in [2.75, 3.05) is 7.11 Å². The lowest BCUT2D eigenvalue weighted by atomic mass is 9.76. The van der Waals surface area contributed by atoms with Gasteiger partial charge in [0.2, 0.25) is 5.90 Å². The molecule has 1 fully saturated rings. The summed E-state index contributed by atoms with van der Waals surface area (Å²) in [6, 6.07) is 0. The lowest BCUT2D eigenvalue weighted by Gasteiger charge is -2.43. The van der Waals surface area contributed by atoms with Crippen LogP contribution in [0.4, 0.5) is 0 Å². The summed E-state index contributed by atoms with van der Waals surface area (Å²) in [5.74, 6) is -0.406. The van der Waals surface area contributed by atoms with Crippen molar-refractivity contribution in [3.63, 3.8) is 0 Å². The number of hydrogen-bond donors (Lipinski definition) is 0. The fourth-order valence-electron chi connectivity index (χ4n) is 2.17. The monoisotopic (exact) mass is 253 g/mol. The van der Waals surface area contributed by atoms with Crippen molar-refractivity contribution in [2.24, 2.45) is 16.3 Å². The quantitative estimate of drug-likeness (QED) is 0.522. The fraction of sp³-hybridized carbons (Fsp3) is 0.769. The second-order valence-corrected chi connectivity index (χ2v) is 6.16. The van der Waals surface area contributed by atoms with Crippen LogP contribution in [0.1, 0.15) is 34.1 Å². The summed E-state index contributed by atoms with van der Waals surface area (Å²) in [4.78, 5) is 27.3. The number of esters is 1. The normalized spacial score (nSPS) is 39.1. The molecule has 0 N–H and O–H groups in total. The van der Waals surface area contributed by atoms with Gasteiger partial charge in [0, 0.05) is 5.41 Å². The maximum absolute atomic E-state index is 12.1. The van der Waals surface area contributed by atoms with E-state index in [-0.39, 0.29) is 11.3 Å². The minimum absolute atomic E-state index is 0.343. The van der Waals surface area contributed by atoms with Gasteiger partial charge in [0.25, 0.3) is 0 Å². The molecule has 0 amide bonds. The van der Waals surface area contributed by atoms with Crippen LogP contribution in [0, 0.1) is 11.3 Å². The van der Waals surface area contributed by atoms with Crippen LogP contribution in [0.3, 0.4) is 0 Å². The van der Waals surface area contributed by atoms with Gasteiger partial charge in [-0.1, -0.05) is 20.8 Å². The van der Waals surface area contributed by atoms with Gasteiger partial charge in [0.15, 0.2) is 11.1 Å². The second kappa shape index (κ2) is 3.56. The minimum atomic E-state index is -1.02. The molecule has 1 saturated carbocycles. The van der Waals surface area contributed by atoms with Crippen molar-refractivity contribution >= 4 is 18.2 Å². The molecule has 0 bridgehead atoms. The third kappa shape index (κ3) is 1.49. The first-order chi connectivity index (χ1) is 8.21. The summed E-state index contributed by atoms with van der Waals surface area (Å²) in [6.07, 6.45) is 1.18. The number of cyclic esters (lactones) is 1. The lowest BCUT2D eigenvalue weighted by molar-refractivity contribution is -0.168. The molecule has 0 aromatic heterocycles. The predicted octanol–water partition coefficient (Wildman–Crippen LogP) is 1.35. The molecule has 5 nitrogen and oxygen atoms in total. The standard InChI is InChI=1S/C13H19NO4/c1-11(2,3)12(4)9(17-5)14-13(10(16)18-12)6-8(13)7-15/h7-8H,6H2,1-5H3/t8-,12-,13-/m1/s1. The van der Waals surface area contributed by atoms with E-state index in [2.05, 4.69) is 4.99 Å². The van der Waals surface area contributed by atoms with Gasteiger partial charge < -0.3 is 14.3 Å². The van der Waals surface area contributed by atoms with Crippen LogP contribution in [-0.4, -0.2) is 36.4 Å². The Morgan fingerprint density at radius 2 is 2.11 bits per heavy atom. The minimum Gasteiger partial charge on any atom is -0.481 e. The fourth-order valence-corrected chi connectivity index (χ4v) is 2.17. The molecule has 0 saturated heterocycles. The number of methoxy groups -OCH3 is 1. The molecule has 3 atom stereocenters. The van der Waals surface area contributed by atoms with Crippen LogP contribution in [-0.2, 0) is 19.1 Å². The SMILES string of the molecule is COC1=N[C@@]2(C[C@@H]2C=O)C(=O)O[C@@]1(C)C(C)(C)C. The summed E-state index contributed by atoms with van der Waals surface area (Å²) >= 11 is 0. The maximum Gasteiger partial charge on any atom is 0.336 e. The Balaban J connectivity index is 2.46. The highest BCUT2D eigenvalue weighted by Gasteiger charge is 2.68. The Morgan fingerprint density at radius 1 is 1.50 bits per heavy atom. The van der Waals surface area contributed by atoms with Crippen molar-refractivity contribution in [1.82, 2.24) is 0 Å². The summed E-state index contributed by atoms with van der Waals surface area (Å²) in [5, 5.41) is 0. The molecule has 5 heteroatoms.